The topological polar surface area (TPSA) is 38.8 Å². The molecule has 1 aliphatic heterocycles. The minimum absolute atomic E-state index is 0.111. The third-order valence-corrected chi connectivity index (χ3v) is 3.41. The van der Waals surface area contributed by atoms with Crippen LogP contribution in [0, 0.1) is 0 Å². The number of nitrogens with zero attached hydrogens (tertiary/aromatic N) is 1. The molecular formula is C15H21NO3. The fourth-order valence-electron chi connectivity index (χ4n) is 2.23. The number of ether oxygens (including phenoxy) is 2. The molecule has 0 radical (unpaired) electrons. The van der Waals surface area contributed by atoms with Crippen LogP contribution in [0.5, 0.6) is 11.5 Å². The van der Waals surface area contributed by atoms with Gasteiger partial charge in [0.15, 0.2) is 5.78 Å². The van der Waals surface area contributed by atoms with E-state index in [4.69, 9.17) is 9.47 Å². The fraction of sp³-hybridized carbons (Fsp3) is 0.533. The second kappa shape index (κ2) is 6.57. The van der Waals surface area contributed by atoms with E-state index in [1.165, 1.54) is 0 Å². The van der Waals surface area contributed by atoms with Crippen molar-refractivity contribution in [1.29, 1.82) is 0 Å². The van der Waals surface area contributed by atoms with Gasteiger partial charge in [-0.05, 0) is 25.2 Å². The molecule has 4 heteroatoms. The molecule has 0 N–H and O–H groups in total. The van der Waals surface area contributed by atoms with Gasteiger partial charge in [0.2, 0.25) is 0 Å². The summed E-state index contributed by atoms with van der Waals surface area (Å²) in [6, 6.07) is 5.53. The van der Waals surface area contributed by atoms with Gasteiger partial charge in [-0.25, -0.2) is 0 Å². The maximum absolute atomic E-state index is 11.9. The van der Waals surface area contributed by atoms with Gasteiger partial charge in [-0.2, -0.15) is 0 Å². The number of likely N-dealkylation sites (N-methyl/N-ethyl adjacent to an activating group) is 1. The SMILES string of the molecule is CCN(CC)CCOc1cccc2c1C(=O)CCO2. The second-order valence-electron chi connectivity index (χ2n) is 4.53. The lowest BCUT2D eigenvalue weighted by Crippen LogP contribution is -2.28. The summed E-state index contributed by atoms with van der Waals surface area (Å²) < 4.78 is 11.3. The minimum Gasteiger partial charge on any atom is -0.492 e. The van der Waals surface area contributed by atoms with Gasteiger partial charge in [-0.15, -0.1) is 0 Å². The second-order valence-corrected chi connectivity index (χ2v) is 4.53. The van der Waals surface area contributed by atoms with Crippen LogP contribution in [0.4, 0.5) is 0 Å². The summed E-state index contributed by atoms with van der Waals surface area (Å²) in [5.74, 6) is 1.41. The van der Waals surface area contributed by atoms with Gasteiger partial charge in [0.25, 0.3) is 0 Å². The maximum Gasteiger partial charge on any atom is 0.173 e. The molecule has 1 aliphatic rings. The lowest BCUT2D eigenvalue weighted by Gasteiger charge is -2.21. The Kier molecular flexibility index (Phi) is 4.80. The number of ketones is 1. The summed E-state index contributed by atoms with van der Waals surface area (Å²) in [5, 5.41) is 0. The lowest BCUT2D eigenvalue weighted by molar-refractivity contribution is 0.0927. The van der Waals surface area contributed by atoms with Gasteiger partial charge in [-0.3, -0.25) is 4.79 Å². The van der Waals surface area contributed by atoms with Crippen molar-refractivity contribution >= 4 is 5.78 Å². The highest BCUT2D eigenvalue weighted by Gasteiger charge is 2.22. The molecule has 4 nitrogen and oxygen atoms in total. The van der Waals surface area contributed by atoms with Crippen LogP contribution in [-0.2, 0) is 0 Å². The summed E-state index contributed by atoms with van der Waals surface area (Å²) >= 11 is 0. The first-order chi connectivity index (χ1) is 9.26. The molecule has 2 rings (SSSR count). The smallest absolute Gasteiger partial charge is 0.173 e. The first-order valence-electron chi connectivity index (χ1n) is 6.90. The van der Waals surface area contributed by atoms with E-state index in [9.17, 15) is 4.79 Å². The largest absolute Gasteiger partial charge is 0.492 e. The molecule has 0 bridgehead atoms. The molecule has 19 heavy (non-hydrogen) atoms. The molecule has 1 heterocycles. The Morgan fingerprint density at radius 2 is 2.11 bits per heavy atom. The van der Waals surface area contributed by atoms with Crippen LogP contribution in [0.25, 0.3) is 0 Å². The summed E-state index contributed by atoms with van der Waals surface area (Å²) in [6.45, 7) is 8.20. The molecule has 0 saturated heterocycles. The van der Waals surface area contributed by atoms with Crippen molar-refractivity contribution < 1.29 is 14.3 Å². The first kappa shape index (κ1) is 13.9. The highest BCUT2D eigenvalue weighted by molar-refractivity contribution is 6.02. The Hall–Kier alpha value is -1.55. The Bertz CT molecular complexity index is 441. The van der Waals surface area contributed by atoms with E-state index in [0.717, 1.165) is 19.6 Å². The van der Waals surface area contributed by atoms with Crippen LogP contribution in [0.3, 0.4) is 0 Å². The zero-order valence-corrected chi connectivity index (χ0v) is 11.6. The van der Waals surface area contributed by atoms with Crippen LogP contribution in [0.15, 0.2) is 18.2 Å². The highest BCUT2D eigenvalue weighted by Crippen LogP contribution is 2.32. The molecule has 104 valence electrons. The van der Waals surface area contributed by atoms with Crippen LogP contribution >= 0.6 is 0 Å². The van der Waals surface area contributed by atoms with Gasteiger partial charge < -0.3 is 14.4 Å². The summed E-state index contributed by atoms with van der Waals surface area (Å²) in [4.78, 5) is 14.2. The molecule has 0 fully saturated rings. The zero-order chi connectivity index (χ0) is 13.7. The monoisotopic (exact) mass is 263 g/mol. The number of hydrogen-bond donors (Lipinski definition) is 0. The van der Waals surface area contributed by atoms with Crippen LogP contribution in [0.2, 0.25) is 0 Å². The first-order valence-corrected chi connectivity index (χ1v) is 6.90. The number of benzene rings is 1. The van der Waals surface area contributed by atoms with E-state index in [2.05, 4.69) is 18.7 Å². The van der Waals surface area contributed by atoms with Crippen molar-refractivity contribution in [3.05, 3.63) is 23.8 Å². The number of rotatable bonds is 6. The van der Waals surface area contributed by atoms with Gasteiger partial charge in [-0.1, -0.05) is 19.9 Å². The molecule has 0 aliphatic carbocycles. The summed E-state index contributed by atoms with van der Waals surface area (Å²) in [7, 11) is 0. The predicted molar refractivity (Wildman–Crippen MR) is 74.2 cm³/mol. The lowest BCUT2D eigenvalue weighted by atomic mass is 10.0. The van der Waals surface area contributed by atoms with E-state index in [1.807, 2.05) is 18.2 Å². The Balaban J connectivity index is 2.03. The molecule has 1 aromatic rings. The number of hydrogen-bond acceptors (Lipinski definition) is 4. The fourth-order valence-corrected chi connectivity index (χ4v) is 2.23. The van der Waals surface area contributed by atoms with Crippen LogP contribution in [-0.4, -0.2) is 43.5 Å². The predicted octanol–water partition coefficient (Wildman–Crippen LogP) is 2.37. The van der Waals surface area contributed by atoms with Crippen LogP contribution in [0.1, 0.15) is 30.6 Å². The minimum atomic E-state index is 0.111. The van der Waals surface area contributed by atoms with Crippen LogP contribution < -0.4 is 9.47 Å². The molecule has 0 unspecified atom stereocenters. The van der Waals surface area contributed by atoms with E-state index < -0.39 is 0 Å². The van der Waals surface area contributed by atoms with E-state index in [-0.39, 0.29) is 5.78 Å². The van der Waals surface area contributed by atoms with Gasteiger partial charge in [0, 0.05) is 13.0 Å². The summed E-state index contributed by atoms with van der Waals surface area (Å²) in [5.41, 5.74) is 0.605. The number of fused-ring (bicyclic) bond motifs is 1. The highest BCUT2D eigenvalue weighted by atomic mass is 16.5. The van der Waals surface area contributed by atoms with Crippen molar-refractivity contribution in [2.75, 3.05) is 32.8 Å². The molecule has 0 amide bonds. The normalized spacial score (nSPS) is 14.2. The van der Waals surface area contributed by atoms with E-state index >= 15 is 0 Å². The molecule has 0 atom stereocenters. The van der Waals surface area contributed by atoms with Crippen molar-refractivity contribution in [3.8, 4) is 11.5 Å². The Labute approximate surface area is 114 Å². The van der Waals surface area contributed by atoms with Crippen molar-refractivity contribution in [2.24, 2.45) is 0 Å². The van der Waals surface area contributed by atoms with Crippen molar-refractivity contribution in [2.45, 2.75) is 20.3 Å². The third kappa shape index (κ3) is 3.26. The molecular weight excluding hydrogens is 242 g/mol. The van der Waals surface area contributed by atoms with Crippen molar-refractivity contribution in [1.82, 2.24) is 4.90 Å². The number of carbonyl (C=O) groups is 1. The van der Waals surface area contributed by atoms with Gasteiger partial charge in [0.05, 0.1) is 6.61 Å². The number of carbonyl (C=O) groups excluding carboxylic acids is 1. The average molecular weight is 263 g/mol. The van der Waals surface area contributed by atoms with Gasteiger partial charge >= 0.3 is 0 Å². The average Bonchev–Trinajstić information content (AvgIpc) is 2.44. The molecule has 0 aromatic heterocycles. The van der Waals surface area contributed by atoms with Gasteiger partial charge in [0.1, 0.15) is 23.7 Å². The third-order valence-electron chi connectivity index (χ3n) is 3.41. The zero-order valence-electron chi connectivity index (χ0n) is 11.6. The quantitative estimate of drug-likeness (QED) is 0.790. The van der Waals surface area contributed by atoms with E-state index in [0.29, 0.717) is 36.7 Å². The standard InChI is InChI=1S/C15H21NO3/c1-3-16(4-2)9-11-19-14-7-5-6-13-15(14)12(17)8-10-18-13/h5-7H,3-4,8-11H2,1-2H3. The van der Waals surface area contributed by atoms with Crippen molar-refractivity contribution in [3.63, 3.8) is 0 Å². The molecule has 0 saturated carbocycles. The van der Waals surface area contributed by atoms with E-state index in [1.54, 1.807) is 0 Å². The molecule has 0 spiro atoms. The molecule has 1 aromatic carbocycles. The number of Topliss-reactive ketones (excluding diaryl/α,β-unsaturated/α-hetero) is 1. The Morgan fingerprint density at radius 1 is 1.32 bits per heavy atom. The maximum atomic E-state index is 11.9. The summed E-state index contributed by atoms with van der Waals surface area (Å²) in [6.07, 6.45) is 0.434. The Morgan fingerprint density at radius 3 is 2.84 bits per heavy atom.